The lowest BCUT2D eigenvalue weighted by Gasteiger charge is -2.30. The average Bonchev–Trinajstić information content (AvgIpc) is 2.46. The van der Waals surface area contributed by atoms with Crippen molar-refractivity contribution in [1.82, 2.24) is 10.2 Å². The van der Waals surface area contributed by atoms with Crippen LogP contribution >= 0.6 is 0 Å². The second-order valence-corrected chi connectivity index (χ2v) is 6.12. The third kappa shape index (κ3) is 4.78. The van der Waals surface area contributed by atoms with Crippen LogP contribution in [0.1, 0.15) is 57.8 Å². The van der Waals surface area contributed by atoms with Crippen LogP contribution in [0.4, 0.5) is 0 Å². The van der Waals surface area contributed by atoms with Gasteiger partial charge in [-0.15, -0.1) is 0 Å². The van der Waals surface area contributed by atoms with Gasteiger partial charge in [-0.1, -0.05) is 19.3 Å². The molecule has 0 aromatic heterocycles. The minimum absolute atomic E-state index is 0.0268. The fraction of sp³-hybridized carbons (Fsp3) is 0.867. The smallest absolute Gasteiger partial charge is 0.223 e. The zero-order valence-corrected chi connectivity index (χ0v) is 12.3. The van der Waals surface area contributed by atoms with Gasteiger partial charge in [-0.2, -0.15) is 0 Å². The van der Waals surface area contributed by atoms with Gasteiger partial charge in [-0.05, 0) is 25.7 Å². The van der Waals surface area contributed by atoms with E-state index in [4.69, 9.17) is 5.73 Å². The highest BCUT2D eigenvalue weighted by atomic mass is 16.2. The van der Waals surface area contributed by atoms with Crippen LogP contribution in [-0.2, 0) is 9.59 Å². The van der Waals surface area contributed by atoms with E-state index in [1.54, 1.807) is 0 Å². The summed E-state index contributed by atoms with van der Waals surface area (Å²) in [6.45, 7) is 1.48. The number of nitrogens with one attached hydrogen (secondary N) is 1. The predicted octanol–water partition coefficient (Wildman–Crippen LogP) is 1.17. The first-order chi connectivity index (χ1) is 9.65. The summed E-state index contributed by atoms with van der Waals surface area (Å²) < 4.78 is 0. The molecule has 2 amide bonds. The molecule has 5 heteroatoms. The van der Waals surface area contributed by atoms with Crippen molar-refractivity contribution >= 4 is 11.8 Å². The number of hydrogen-bond donors (Lipinski definition) is 2. The molecular formula is C15H27N3O2. The highest BCUT2D eigenvalue weighted by molar-refractivity contribution is 5.83. The molecule has 2 fully saturated rings. The number of carbonyl (C=O) groups excluding carboxylic acids is 2. The summed E-state index contributed by atoms with van der Waals surface area (Å²) in [7, 11) is 0. The van der Waals surface area contributed by atoms with Crippen LogP contribution in [0, 0.1) is 0 Å². The molecule has 0 unspecified atom stereocenters. The van der Waals surface area contributed by atoms with Gasteiger partial charge < -0.3 is 16.0 Å². The van der Waals surface area contributed by atoms with Crippen LogP contribution in [0.5, 0.6) is 0 Å². The van der Waals surface area contributed by atoms with E-state index in [9.17, 15) is 9.59 Å². The lowest BCUT2D eigenvalue weighted by molar-refractivity contribution is -0.134. The average molecular weight is 281 g/mol. The molecular weight excluding hydrogens is 254 g/mol. The van der Waals surface area contributed by atoms with Crippen molar-refractivity contribution in [2.75, 3.05) is 13.1 Å². The Balaban J connectivity index is 1.63. The van der Waals surface area contributed by atoms with Crippen LogP contribution in [0.2, 0.25) is 0 Å². The van der Waals surface area contributed by atoms with E-state index in [1.165, 1.54) is 19.3 Å². The van der Waals surface area contributed by atoms with Gasteiger partial charge in [0.25, 0.3) is 0 Å². The summed E-state index contributed by atoms with van der Waals surface area (Å²) in [5.41, 5.74) is 5.82. The number of carbonyl (C=O) groups is 2. The van der Waals surface area contributed by atoms with E-state index in [1.807, 2.05) is 4.90 Å². The minimum atomic E-state index is 0.0268. The summed E-state index contributed by atoms with van der Waals surface area (Å²) in [4.78, 5) is 25.7. The molecule has 1 saturated carbocycles. The highest BCUT2D eigenvalue weighted by Crippen LogP contribution is 2.17. The SMILES string of the molecule is NC1CCN(C(=O)CCC(=O)NC2CCCCC2)CC1. The van der Waals surface area contributed by atoms with E-state index in [0.29, 0.717) is 18.9 Å². The molecule has 1 heterocycles. The maximum Gasteiger partial charge on any atom is 0.223 e. The van der Waals surface area contributed by atoms with E-state index >= 15 is 0 Å². The molecule has 1 saturated heterocycles. The quantitative estimate of drug-likeness (QED) is 0.812. The van der Waals surface area contributed by atoms with Gasteiger partial charge >= 0.3 is 0 Å². The molecule has 1 aliphatic carbocycles. The Morgan fingerprint density at radius 2 is 1.65 bits per heavy atom. The van der Waals surface area contributed by atoms with E-state index in [2.05, 4.69) is 5.32 Å². The van der Waals surface area contributed by atoms with Crippen LogP contribution in [-0.4, -0.2) is 41.9 Å². The number of rotatable bonds is 4. The zero-order chi connectivity index (χ0) is 14.4. The Hall–Kier alpha value is -1.10. The van der Waals surface area contributed by atoms with Gasteiger partial charge in [-0.3, -0.25) is 9.59 Å². The van der Waals surface area contributed by atoms with Crippen molar-refractivity contribution in [1.29, 1.82) is 0 Å². The molecule has 1 aliphatic heterocycles. The Bertz CT molecular complexity index is 332. The third-order valence-electron chi connectivity index (χ3n) is 4.43. The molecule has 2 aliphatic rings. The summed E-state index contributed by atoms with van der Waals surface area (Å²) in [6, 6.07) is 0.563. The molecule has 0 bridgehead atoms. The molecule has 2 rings (SSSR count). The predicted molar refractivity (Wildman–Crippen MR) is 78.0 cm³/mol. The van der Waals surface area contributed by atoms with Crippen molar-refractivity contribution in [3.63, 3.8) is 0 Å². The number of hydrogen-bond acceptors (Lipinski definition) is 3. The lowest BCUT2D eigenvalue weighted by Crippen LogP contribution is -2.43. The number of likely N-dealkylation sites (tertiary alicyclic amines) is 1. The Morgan fingerprint density at radius 1 is 1.00 bits per heavy atom. The first-order valence-corrected chi connectivity index (χ1v) is 7.98. The third-order valence-corrected chi connectivity index (χ3v) is 4.43. The first kappa shape index (κ1) is 15.3. The van der Waals surface area contributed by atoms with Crippen LogP contribution in [0.15, 0.2) is 0 Å². The number of nitrogens with zero attached hydrogens (tertiary/aromatic N) is 1. The van der Waals surface area contributed by atoms with Gasteiger partial charge in [0.2, 0.25) is 11.8 Å². The largest absolute Gasteiger partial charge is 0.353 e. The Morgan fingerprint density at radius 3 is 2.30 bits per heavy atom. The molecule has 3 N–H and O–H groups in total. The summed E-state index contributed by atoms with van der Waals surface area (Å²) in [6.07, 6.45) is 8.26. The van der Waals surface area contributed by atoms with Crippen LogP contribution < -0.4 is 11.1 Å². The van der Waals surface area contributed by atoms with Gasteiger partial charge in [0, 0.05) is 38.0 Å². The van der Waals surface area contributed by atoms with Crippen LogP contribution in [0.3, 0.4) is 0 Å². The van der Waals surface area contributed by atoms with E-state index < -0.39 is 0 Å². The molecule has 0 radical (unpaired) electrons. The normalized spacial score (nSPS) is 21.8. The molecule has 0 aromatic rings. The van der Waals surface area contributed by atoms with Crippen molar-refractivity contribution < 1.29 is 9.59 Å². The molecule has 5 nitrogen and oxygen atoms in total. The first-order valence-electron chi connectivity index (χ1n) is 7.98. The summed E-state index contributed by atoms with van der Waals surface area (Å²) >= 11 is 0. The summed E-state index contributed by atoms with van der Waals surface area (Å²) in [5.74, 6) is 0.120. The monoisotopic (exact) mass is 281 g/mol. The molecule has 0 aromatic carbocycles. The fourth-order valence-corrected chi connectivity index (χ4v) is 3.07. The van der Waals surface area contributed by atoms with Gasteiger partial charge in [-0.25, -0.2) is 0 Å². The van der Waals surface area contributed by atoms with Crippen molar-refractivity contribution in [3.8, 4) is 0 Å². The fourth-order valence-electron chi connectivity index (χ4n) is 3.07. The number of amides is 2. The molecule has 114 valence electrons. The highest BCUT2D eigenvalue weighted by Gasteiger charge is 2.21. The number of piperidine rings is 1. The molecule has 20 heavy (non-hydrogen) atoms. The van der Waals surface area contributed by atoms with Crippen molar-refractivity contribution in [2.24, 2.45) is 5.73 Å². The summed E-state index contributed by atoms with van der Waals surface area (Å²) in [5, 5.41) is 3.05. The number of nitrogens with two attached hydrogens (primary N) is 1. The van der Waals surface area contributed by atoms with Crippen molar-refractivity contribution in [3.05, 3.63) is 0 Å². The zero-order valence-electron chi connectivity index (χ0n) is 12.3. The molecule has 0 spiro atoms. The van der Waals surface area contributed by atoms with Gasteiger partial charge in [0.1, 0.15) is 0 Å². The Kier molecular flexibility index (Phi) is 5.83. The van der Waals surface area contributed by atoms with Crippen molar-refractivity contribution in [2.45, 2.75) is 69.9 Å². The van der Waals surface area contributed by atoms with Crippen LogP contribution in [0.25, 0.3) is 0 Å². The second-order valence-electron chi connectivity index (χ2n) is 6.12. The van der Waals surface area contributed by atoms with Gasteiger partial charge in [0.15, 0.2) is 0 Å². The van der Waals surface area contributed by atoms with E-state index in [-0.39, 0.29) is 17.9 Å². The maximum absolute atomic E-state index is 12.0. The van der Waals surface area contributed by atoms with Gasteiger partial charge in [0.05, 0.1) is 0 Å². The lowest BCUT2D eigenvalue weighted by atomic mass is 9.95. The minimum Gasteiger partial charge on any atom is -0.353 e. The molecule has 0 atom stereocenters. The second kappa shape index (κ2) is 7.62. The topological polar surface area (TPSA) is 75.4 Å². The van der Waals surface area contributed by atoms with E-state index in [0.717, 1.165) is 38.8 Å². The maximum atomic E-state index is 12.0. The standard InChI is InChI=1S/C15H27N3O2/c16-12-8-10-18(11-9-12)15(20)7-6-14(19)17-13-4-2-1-3-5-13/h12-13H,1-11,16H2,(H,17,19). The Labute approximate surface area is 121 Å².